The molecule has 0 unspecified atom stereocenters. The van der Waals surface area contributed by atoms with Crippen molar-refractivity contribution in [3.8, 4) is 0 Å². The molecule has 0 heterocycles. The summed E-state index contributed by atoms with van der Waals surface area (Å²) in [5, 5.41) is 10.3. The fourth-order valence-corrected chi connectivity index (χ4v) is 2.27. The highest BCUT2D eigenvalue weighted by atomic mass is 35.5. The van der Waals surface area contributed by atoms with Crippen molar-refractivity contribution in [1.29, 1.82) is 0 Å². The van der Waals surface area contributed by atoms with Crippen LogP contribution in [0.1, 0.15) is 32.3 Å². The highest BCUT2D eigenvalue weighted by Crippen LogP contribution is 2.21. The molecule has 0 aromatic heterocycles. The molecule has 1 aromatic carbocycles. The number of halogens is 2. The van der Waals surface area contributed by atoms with Crippen LogP contribution < -0.4 is 16.0 Å². The lowest BCUT2D eigenvalue weighted by Gasteiger charge is -2.11. The fourth-order valence-electron chi connectivity index (χ4n) is 1.80. The van der Waals surface area contributed by atoms with Crippen LogP contribution in [0.2, 0.25) is 10.0 Å². The SMILES string of the molecule is CCCNC(=O)CCNC(=NCc1ccc(Cl)cc1Cl)NCC. The molecule has 1 aromatic rings. The molecule has 0 radical (unpaired) electrons. The zero-order valence-electron chi connectivity index (χ0n) is 13.6. The summed E-state index contributed by atoms with van der Waals surface area (Å²) >= 11 is 12.0. The minimum absolute atomic E-state index is 0.0379. The molecule has 0 spiro atoms. The Balaban J connectivity index is 2.51. The monoisotopic (exact) mass is 358 g/mol. The Labute approximate surface area is 147 Å². The number of nitrogens with one attached hydrogen (secondary N) is 3. The van der Waals surface area contributed by atoms with E-state index in [0.717, 1.165) is 18.5 Å². The number of aliphatic imine (C=N–C) groups is 1. The van der Waals surface area contributed by atoms with Gasteiger partial charge >= 0.3 is 0 Å². The molecule has 0 aliphatic rings. The molecule has 7 heteroatoms. The van der Waals surface area contributed by atoms with E-state index in [-0.39, 0.29) is 5.91 Å². The van der Waals surface area contributed by atoms with Gasteiger partial charge in [-0.1, -0.05) is 36.2 Å². The molecule has 0 fully saturated rings. The standard InChI is InChI=1S/C16H24Cl2N4O/c1-3-8-20-15(23)7-9-21-16(19-4-2)22-11-12-5-6-13(17)10-14(12)18/h5-6,10H,3-4,7-9,11H2,1-2H3,(H,20,23)(H2,19,21,22). The van der Waals surface area contributed by atoms with Crippen LogP contribution in [0.3, 0.4) is 0 Å². The molecule has 0 saturated carbocycles. The number of hydrogen-bond acceptors (Lipinski definition) is 2. The number of carbonyl (C=O) groups excluding carboxylic acids is 1. The van der Waals surface area contributed by atoms with Gasteiger partial charge < -0.3 is 16.0 Å². The van der Waals surface area contributed by atoms with Gasteiger partial charge in [0.25, 0.3) is 0 Å². The van der Waals surface area contributed by atoms with E-state index in [9.17, 15) is 4.79 Å². The Bertz CT molecular complexity index is 535. The van der Waals surface area contributed by atoms with E-state index < -0.39 is 0 Å². The van der Waals surface area contributed by atoms with Crippen molar-refractivity contribution in [3.63, 3.8) is 0 Å². The lowest BCUT2D eigenvalue weighted by molar-refractivity contribution is -0.120. The first kappa shape index (κ1) is 19.6. The summed E-state index contributed by atoms with van der Waals surface area (Å²) in [6, 6.07) is 5.35. The van der Waals surface area contributed by atoms with Gasteiger partial charge in [0, 0.05) is 36.1 Å². The number of amides is 1. The van der Waals surface area contributed by atoms with Crippen LogP contribution >= 0.6 is 23.2 Å². The first-order valence-corrected chi connectivity index (χ1v) is 8.55. The lowest BCUT2D eigenvalue weighted by Crippen LogP contribution is -2.39. The summed E-state index contributed by atoms with van der Waals surface area (Å²) in [5.41, 5.74) is 0.897. The third kappa shape index (κ3) is 8.09. The molecule has 23 heavy (non-hydrogen) atoms. The number of guanidine groups is 1. The normalized spacial score (nSPS) is 11.2. The van der Waals surface area contributed by atoms with E-state index in [1.165, 1.54) is 0 Å². The zero-order chi connectivity index (χ0) is 17.1. The number of rotatable bonds is 8. The van der Waals surface area contributed by atoms with Gasteiger partial charge in [0.1, 0.15) is 0 Å². The Kier molecular flexibility index (Phi) is 9.48. The molecule has 0 bridgehead atoms. The van der Waals surface area contributed by atoms with Crippen molar-refractivity contribution < 1.29 is 4.79 Å². The number of benzene rings is 1. The van der Waals surface area contributed by atoms with Gasteiger partial charge in [-0.15, -0.1) is 0 Å². The molecule has 0 aliphatic carbocycles. The fraction of sp³-hybridized carbons (Fsp3) is 0.500. The number of carbonyl (C=O) groups is 1. The molecule has 1 amide bonds. The van der Waals surface area contributed by atoms with E-state index in [2.05, 4.69) is 20.9 Å². The summed E-state index contributed by atoms with van der Waals surface area (Å²) < 4.78 is 0. The predicted octanol–water partition coefficient (Wildman–Crippen LogP) is 2.96. The third-order valence-electron chi connectivity index (χ3n) is 2.98. The summed E-state index contributed by atoms with van der Waals surface area (Å²) in [5.74, 6) is 0.692. The van der Waals surface area contributed by atoms with Crippen molar-refractivity contribution in [2.75, 3.05) is 19.6 Å². The van der Waals surface area contributed by atoms with Crippen LogP contribution in [0.25, 0.3) is 0 Å². The van der Waals surface area contributed by atoms with Gasteiger partial charge in [-0.3, -0.25) is 4.79 Å². The molecule has 128 valence electrons. The molecule has 0 aliphatic heterocycles. The van der Waals surface area contributed by atoms with Gasteiger partial charge in [-0.25, -0.2) is 4.99 Å². The van der Waals surface area contributed by atoms with Crippen LogP contribution in [0, 0.1) is 0 Å². The molecular formula is C16H24Cl2N4O. The number of hydrogen-bond donors (Lipinski definition) is 3. The molecule has 0 atom stereocenters. The zero-order valence-corrected chi connectivity index (χ0v) is 15.1. The average Bonchev–Trinajstić information content (AvgIpc) is 2.52. The maximum atomic E-state index is 11.6. The van der Waals surface area contributed by atoms with E-state index >= 15 is 0 Å². The van der Waals surface area contributed by atoms with Crippen molar-refractivity contribution in [2.24, 2.45) is 4.99 Å². The van der Waals surface area contributed by atoms with E-state index in [0.29, 0.717) is 42.1 Å². The number of nitrogens with zero attached hydrogens (tertiary/aromatic N) is 1. The Morgan fingerprint density at radius 2 is 1.91 bits per heavy atom. The van der Waals surface area contributed by atoms with Gasteiger partial charge in [0.15, 0.2) is 5.96 Å². The molecule has 0 saturated heterocycles. The largest absolute Gasteiger partial charge is 0.357 e. The third-order valence-corrected chi connectivity index (χ3v) is 3.57. The Morgan fingerprint density at radius 1 is 1.13 bits per heavy atom. The van der Waals surface area contributed by atoms with Crippen LogP contribution in [0.4, 0.5) is 0 Å². The van der Waals surface area contributed by atoms with Crippen LogP contribution in [0.15, 0.2) is 23.2 Å². The van der Waals surface area contributed by atoms with Gasteiger partial charge in [-0.2, -0.15) is 0 Å². The molecular weight excluding hydrogens is 335 g/mol. The van der Waals surface area contributed by atoms with Crippen LogP contribution in [-0.4, -0.2) is 31.5 Å². The van der Waals surface area contributed by atoms with Gasteiger partial charge in [0.2, 0.25) is 5.91 Å². The maximum absolute atomic E-state index is 11.6. The van der Waals surface area contributed by atoms with Crippen molar-refractivity contribution in [1.82, 2.24) is 16.0 Å². The second-order valence-corrected chi connectivity index (χ2v) is 5.80. The predicted molar refractivity (Wildman–Crippen MR) is 97.2 cm³/mol. The van der Waals surface area contributed by atoms with Gasteiger partial charge in [-0.05, 0) is 31.0 Å². The first-order chi connectivity index (χ1) is 11.1. The quantitative estimate of drug-likeness (QED) is 0.494. The summed E-state index contributed by atoms with van der Waals surface area (Å²) in [4.78, 5) is 16.0. The topological polar surface area (TPSA) is 65.5 Å². The van der Waals surface area contributed by atoms with Crippen LogP contribution in [-0.2, 0) is 11.3 Å². The smallest absolute Gasteiger partial charge is 0.221 e. The highest BCUT2D eigenvalue weighted by molar-refractivity contribution is 6.35. The van der Waals surface area contributed by atoms with E-state index in [1.807, 2.05) is 19.9 Å². The minimum Gasteiger partial charge on any atom is -0.357 e. The lowest BCUT2D eigenvalue weighted by atomic mass is 10.2. The molecule has 5 nitrogen and oxygen atoms in total. The van der Waals surface area contributed by atoms with E-state index in [4.69, 9.17) is 23.2 Å². The van der Waals surface area contributed by atoms with Gasteiger partial charge in [0.05, 0.1) is 6.54 Å². The second kappa shape index (κ2) is 11.1. The first-order valence-electron chi connectivity index (χ1n) is 7.79. The maximum Gasteiger partial charge on any atom is 0.221 e. The Hall–Kier alpha value is -1.46. The average molecular weight is 359 g/mol. The Morgan fingerprint density at radius 3 is 2.57 bits per heavy atom. The molecule has 3 N–H and O–H groups in total. The molecule has 1 rings (SSSR count). The summed E-state index contributed by atoms with van der Waals surface area (Å²) in [7, 11) is 0. The second-order valence-electron chi connectivity index (χ2n) is 4.96. The van der Waals surface area contributed by atoms with Crippen molar-refractivity contribution >= 4 is 35.1 Å². The summed E-state index contributed by atoms with van der Waals surface area (Å²) in [6.07, 6.45) is 1.34. The highest BCUT2D eigenvalue weighted by Gasteiger charge is 2.04. The minimum atomic E-state index is 0.0379. The van der Waals surface area contributed by atoms with Crippen molar-refractivity contribution in [3.05, 3.63) is 33.8 Å². The van der Waals surface area contributed by atoms with E-state index in [1.54, 1.807) is 12.1 Å². The van der Waals surface area contributed by atoms with Crippen LogP contribution in [0.5, 0.6) is 0 Å². The summed E-state index contributed by atoms with van der Waals surface area (Å²) in [6.45, 7) is 6.42. The van der Waals surface area contributed by atoms with Crippen molar-refractivity contribution in [2.45, 2.75) is 33.2 Å².